The molecule has 0 radical (unpaired) electrons. The normalized spacial score (nSPS) is 18.9. The van der Waals surface area contributed by atoms with Gasteiger partial charge >= 0.3 is 0 Å². The van der Waals surface area contributed by atoms with Crippen LogP contribution in [0, 0.1) is 0 Å². The van der Waals surface area contributed by atoms with E-state index in [9.17, 15) is 13.2 Å². The Balaban J connectivity index is 1.75. The van der Waals surface area contributed by atoms with Crippen LogP contribution in [0.25, 0.3) is 0 Å². The molecule has 1 fully saturated rings. The number of rotatable bonds is 7. The first kappa shape index (κ1) is 22.9. The Kier molecular flexibility index (Phi) is 7.68. The highest BCUT2D eigenvalue weighted by atomic mass is 79.9. The summed E-state index contributed by atoms with van der Waals surface area (Å²) in [6.07, 6.45) is 2.11. The third-order valence-electron chi connectivity index (χ3n) is 5.45. The highest BCUT2D eigenvalue weighted by molar-refractivity contribution is 9.10. The zero-order valence-electron chi connectivity index (χ0n) is 17.3. The molecular formula is C22H28BrN3O3S. The zero-order chi connectivity index (χ0) is 21.7. The van der Waals surface area contributed by atoms with Gasteiger partial charge in [0.25, 0.3) is 0 Å². The van der Waals surface area contributed by atoms with Gasteiger partial charge in [0.2, 0.25) is 15.9 Å². The summed E-state index contributed by atoms with van der Waals surface area (Å²) in [4.78, 5) is 15.3. The average Bonchev–Trinajstić information content (AvgIpc) is 2.74. The SMILES string of the molecule is CN(C)C(CNC(=O)C1CCCCN1S(=O)(=O)c1ccc(Br)cc1)c1ccccc1. The van der Waals surface area contributed by atoms with Crippen molar-refractivity contribution >= 4 is 31.9 Å². The van der Waals surface area contributed by atoms with E-state index in [1.54, 1.807) is 24.3 Å². The Labute approximate surface area is 187 Å². The summed E-state index contributed by atoms with van der Waals surface area (Å²) in [5.41, 5.74) is 1.10. The number of hydrogen-bond acceptors (Lipinski definition) is 4. The van der Waals surface area contributed by atoms with Crippen LogP contribution in [-0.4, -0.2) is 56.8 Å². The minimum atomic E-state index is -3.74. The number of amides is 1. The smallest absolute Gasteiger partial charge is 0.243 e. The van der Waals surface area contributed by atoms with E-state index in [-0.39, 0.29) is 16.8 Å². The molecule has 0 spiro atoms. The molecule has 0 saturated carbocycles. The molecule has 162 valence electrons. The van der Waals surface area contributed by atoms with Crippen molar-refractivity contribution in [2.24, 2.45) is 0 Å². The number of carbonyl (C=O) groups is 1. The maximum Gasteiger partial charge on any atom is 0.243 e. The molecule has 6 nitrogen and oxygen atoms in total. The van der Waals surface area contributed by atoms with Gasteiger partial charge in [0.15, 0.2) is 0 Å². The van der Waals surface area contributed by atoms with E-state index in [2.05, 4.69) is 21.2 Å². The molecule has 30 heavy (non-hydrogen) atoms. The van der Waals surface area contributed by atoms with E-state index in [0.717, 1.165) is 22.9 Å². The first-order valence-electron chi connectivity index (χ1n) is 10.1. The molecule has 2 unspecified atom stereocenters. The van der Waals surface area contributed by atoms with Crippen molar-refractivity contribution in [3.05, 3.63) is 64.6 Å². The van der Waals surface area contributed by atoms with Crippen LogP contribution in [0.2, 0.25) is 0 Å². The van der Waals surface area contributed by atoms with Crippen LogP contribution in [0.1, 0.15) is 30.9 Å². The van der Waals surface area contributed by atoms with Gasteiger partial charge in [-0.05, 0) is 56.8 Å². The van der Waals surface area contributed by atoms with Gasteiger partial charge in [-0.3, -0.25) is 4.79 Å². The molecule has 1 N–H and O–H groups in total. The molecule has 1 saturated heterocycles. The number of sulfonamides is 1. The standard InChI is InChI=1S/C22H28BrN3O3S/c1-25(2)21(17-8-4-3-5-9-17)16-24-22(27)20-10-6-7-15-26(20)30(28,29)19-13-11-18(23)12-14-19/h3-5,8-9,11-14,20-21H,6-7,10,15-16H2,1-2H3,(H,24,27). The van der Waals surface area contributed by atoms with Crippen molar-refractivity contribution in [1.29, 1.82) is 0 Å². The largest absolute Gasteiger partial charge is 0.353 e. The quantitative estimate of drug-likeness (QED) is 0.641. The van der Waals surface area contributed by atoms with Crippen LogP contribution < -0.4 is 5.32 Å². The van der Waals surface area contributed by atoms with Crippen LogP contribution in [0.3, 0.4) is 0 Å². The lowest BCUT2D eigenvalue weighted by atomic mass is 10.0. The molecule has 0 bridgehead atoms. The number of nitrogens with one attached hydrogen (secondary N) is 1. The summed E-state index contributed by atoms with van der Waals surface area (Å²) in [6, 6.07) is 15.8. The second kappa shape index (κ2) is 10.0. The predicted octanol–water partition coefficient (Wildman–Crippen LogP) is 3.41. The predicted molar refractivity (Wildman–Crippen MR) is 122 cm³/mol. The van der Waals surface area contributed by atoms with Gasteiger partial charge in [-0.25, -0.2) is 8.42 Å². The van der Waals surface area contributed by atoms with Crippen molar-refractivity contribution < 1.29 is 13.2 Å². The first-order chi connectivity index (χ1) is 14.3. The Morgan fingerprint density at radius 1 is 1.13 bits per heavy atom. The first-order valence-corrected chi connectivity index (χ1v) is 12.3. The average molecular weight is 494 g/mol. The molecule has 1 amide bonds. The molecule has 8 heteroatoms. The van der Waals surface area contributed by atoms with E-state index in [1.807, 2.05) is 49.3 Å². The number of benzene rings is 2. The molecule has 0 aliphatic carbocycles. The van der Waals surface area contributed by atoms with Crippen LogP contribution in [0.4, 0.5) is 0 Å². The Morgan fingerprint density at radius 2 is 1.80 bits per heavy atom. The Hall–Kier alpha value is -1.74. The maximum atomic E-state index is 13.2. The van der Waals surface area contributed by atoms with Crippen LogP contribution in [0.15, 0.2) is 64.0 Å². The van der Waals surface area contributed by atoms with Gasteiger partial charge < -0.3 is 10.2 Å². The van der Waals surface area contributed by atoms with Crippen LogP contribution in [-0.2, 0) is 14.8 Å². The molecule has 1 aliphatic heterocycles. The maximum absolute atomic E-state index is 13.2. The zero-order valence-corrected chi connectivity index (χ0v) is 19.7. The van der Waals surface area contributed by atoms with E-state index in [0.29, 0.717) is 19.5 Å². The van der Waals surface area contributed by atoms with Gasteiger partial charge in [-0.2, -0.15) is 4.31 Å². The van der Waals surface area contributed by atoms with Crippen LogP contribution >= 0.6 is 15.9 Å². The minimum absolute atomic E-state index is 0.00951. The van der Waals surface area contributed by atoms with Crippen molar-refractivity contribution in [2.75, 3.05) is 27.2 Å². The lowest BCUT2D eigenvalue weighted by Crippen LogP contribution is -2.52. The van der Waals surface area contributed by atoms with Gasteiger partial charge in [0.05, 0.1) is 10.9 Å². The Bertz CT molecular complexity index is 949. The number of halogens is 1. The fourth-order valence-corrected chi connectivity index (χ4v) is 5.71. The fourth-order valence-electron chi connectivity index (χ4n) is 3.79. The summed E-state index contributed by atoms with van der Waals surface area (Å²) in [5, 5.41) is 3.00. The Morgan fingerprint density at radius 3 is 2.43 bits per heavy atom. The third kappa shape index (κ3) is 5.29. The highest BCUT2D eigenvalue weighted by Crippen LogP contribution is 2.27. The van der Waals surface area contributed by atoms with E-state index in [1.165, 1.54) is 4.31 Å². The summed E-state index contributed by atoms with van der Waals surface area (Å²) in [6.45, 7) is 0.769. The van der Waals surface area contributed by atoms with Gasteiger partial charge in [0.1, 0.15) is 6.04 Å². The summed E-state index contributed by atoms with van der Waals surface area (Å²) >= 11 is 3.33. The molecule has 2 atom stereocenters. The van der Waals surface area contributed by atoms with Crippen LogP contribution in [0.5, 0.6) is 0 Å². The van der Waals surface area contributed by atoms with E-state index >= 15 is 0 Å². The molecule has 1 aliphatic rings. The molecule has 3 rings (SSSR count). The van der Waals surface area contributed by atoms with Gasteiger partial charge in [0, 0.05) is 17.6 Å². The number of piperidine rings is 1. The van der Waals surface area contributed by atoms with Crippen molar-refractivity contribution in [1.82, 2.24) is 14.5 Å². The lowest BCUT2D eigenvalue weighted by Gasteiger charge is -2.34. The number of nitrogens with zero attached hydrogens (tertiary/aromatic N) is 2. The molecular weight excluding hydrogens is 466 g/mol. The fraction of sp³-hybridized carbons (Fsp3) is 0.409. The lowest BCUT2D eigenvalue weighted by molar-refractivity contribution is -0.125. The molecule has 2 aromatic rings. The van der Waals surface area contributed by atoms with Crippen molar-refractivity contribution in [3.63, 3.8) is 0 Å². The van der Waals surface area contributed by atoms with E-state index in [4.69, 9.17) is 0 Å². The minimum Gasteiger partial charge on any atom is -0.353 e. The summed E-state index contributed by atoms with van der Waals surface area (Å²) in [5.74, 6) is -0.238. The van der Waals surface area contributed by atoms with Gasteiger partial charge in [-0.15, -0.1) is 0 Å². The number of hydrogen-bond donors (Lipinski definition) is 1. The summed E-state index contributed by atoms with van der Waals surface area (Å²) < 4.78 is 28.6. The summed E-state index contributed by atoms with van der Waals surface area (Å²) in [7, 11) is 0.195. The molecule has 0 aromatic heterocycles. The highest BCUT2D eigenvalue weighted by Gasteiger charge is 2.37. The number of carbonyl (C=O) groups excluding carboxylic acids is 1. The third-order valence-corrected chi connectivity index (χ3v) is 7.90. The van der Waals surface area contributed by atoms with E-state index < -0.39 is 16.1 Å². The monoisotopic (exact) mass is 493 g/mol. The molecule has 2 aromatic carbocycles. The van der Waals surface area contributed by atoms with Crippen molar-refractivity contribution in [2.45, 2.75) is 36.2 Å². The van der Waals surface area contributed by atoms with Crippen molar-refractivity contribution in [3.8, 4) is 0 Å². The van der Waals surface area contributed by atoms with Gasteiger partial charge in [-0.1, -0.05) is 52.7 Å². The second-order valence-electron chi connectivity index (χ2n) is 7.72. The molecule has 1 heterocycles. The second-order valence-corrected chi connectivity index (χ2v) is 10.5. The topological polar surface area (TPSA) is 69.7 Å². The number of likely N-dealkylation sites (N-methyl/N-ethyl adjacent to an activating group) is 1.